The molecule has 0 heterocycles. The van der Waals surface area contributed by atoms with Gasteiger partial charge in [-0.05, 0) is 45.5 Å². The fraction of sp³-hybridized carbons (Fsp3) is 0.0870. The Balaban J connectivity index is 1.74. The monoisotopic (exact) mass is 342 g/mol. The molecule has 0 aromatic heterocycles. The highest BCUT2D eigenvalue weighted by Crippen LogP contribution is 2.30. The average molecular weight is 342 g/mol. The average Bonchev–Trinajstić information content (AvgIpc) is 2.67. The zero-order valence-corrected chi connectivity index (χ0v) is 14.8. The summed E-state index contributed by atoms with van der Waals surface area (Å²) in [6, 6.07) is 26.6. The Morgan fingerprint density at radius 3 is 2.32 bits per heavy atom. The van der Waals surface area contributed by atoms with E-state index in [1.807, 2.05) is 36.4 Å². The van der Waals surface area contributed by atoms with Gasteiger partial charge in [0.25, 0.3) is 0 Å². The number of benzene rings is 4. The normalized spacial score (nSPS) is 11.1. The van der Waals surface area contributed by atoms with Crippen LogP contribution in [0.25, 0.3) is 21.5 Å². The third kappa shape index (κ3) is 3.06. The van der Waals surface area contributed by atoms with Crippen molar-refractivity contribution in [1.29, 1.82) is 0 Å². The molecule has 122 valence electrons. The minimum absolute atomic E-state index is 0.161. The molecule has 2 heteroatoms. The summed E-state index contributed by atoms with van der Waals surface area (Å²) in [7, 11) is 0. The van der Waals surface area contributed by atoms with Crippen molar-refractivity contribution in [3.8, 4) is 0 Å². The van der Waals surface area contributed by atoms with Gasteiger partial charge < -0.3 is 0 Å². The molecular formula is C23H18OS. The number of carbonyl (C=O) groups is 1. The van der Waals surface area contributed by atoms with Gasteiger partial charge in [-0.1, -0.05) is 66.7 Å². The van der Waals surface area contributed by atoms with E-state index in [0.717, 1.165) is 21.9 Å². The predicted octanol–water partition coefficient (Wildman–Crippen LogP) is 6.14. The van der Waals surface area contributed by atoms with E-state index in [-0.39, 0.29) is 5.78 Å². The van der Waals surface area contributed by atoms with Crippen molar-refractivity contribution in [3.63, 3.8) is 0 Å². The summed E-state index contributed by atoms with van der Waals surface area (Å²) in [4.78, 5) is 14.1. The van der Waals surface area contributed by atoms with Gasteiger partial charge in [0, 0.05) is 16.9 Å². The summed E-state index contributed by atoms with van der Waals surface area (Å²) in [5.41, 5.74) is 1.87. The van der Waals surface area contributed by atoms with Gasteiger partial charge in [0.05, 0.1) is 0 Å². The smallest absolute Gasteiger partial charge is 0.167 e. The fourth-order valence-corrected chi connectivity index (χ4v) is 4.00. The number of ketones is 1. The molecule has 0 fully saturated rings. The van der Waals surface area contributed by atoms with E-state index in [1.54, 1.807) is 11.8 Å². The Hall–Kier alpha value is -2.58. The summed E-state index contributed by atoms with van der Waals surface area (Å²) in [6.45, 7) is 0. The molecule has 0 spiro atoms. The molecule has 0 saturated heterocycles. The first-order valence-electron chi connectivity index (χ1n) is 8.33. The molecule has 4 rings (SSSR count). The lowest BCUT2D eigenvalue weighted by Gasteiger charge is -2.10. The highest BCUT2D eigenvalue weighted by molar-refractivity contribution is 7.98. The maximum Gasteiger partial charge on any atom is 0.167 e. The van der Waals surface area contributed by atoms with Crippen LogP contribution in [-0.4, -0.2) is 12.0 Å². The van der Waals surface area contributed by atoms with Crippen molar-refractivity contribution in [1.82, 2.24) is 0 Å². The lowest BCUT2D eigenvalue weighted by atomic mass is 9.96. The summed E-state index contributed by atoms with van der Waals surface area (Å²) in [6.07, 6.45) is 2.50. The Kier molecular flexibility index (Phi) is 4.29. The molecule has 1 nitrogen and oxygen atoms in total. The second-order valence-electron chi connectivity index (χ2n) is 6.14. The lowest BCUT2D eigenvalue weighted by Crippen LogP contribution is -2.04. The van der Waals surface area contributed by atoms with Crippen LogP contribution in [0, 0.1) is 0 Å². The van der Waals surface area contributed by atoms with E-state index in [9.17, 15) is 4.79 Å². The van der Waals surface area contributed by atoms with Gasteiger partial charge in [-0.3, -0.25) is 4.79 Å². The highest BCUT2D eigenvalue weighted by atomic mass is 32.2. The van der Waals surface area contributed by atoms with Gasteiger partial charge in [0.15, 0.2) is 5.78 Å². The molecule has 0 unspecified atom stereocenters. The molecule has 0 bridgehead atoms. The standard InChI is InChI=1S/C23H18OS/c1-25-22-11-5-9-17-8-4-10-20(23(17)22)15-21(24)19-13-12-16-6-2-3-7-18(16)14-19/h2-14H,15H2,1H3. The van der Waals surface area contributed by atoms with Crippen LogP contribution in [0.4, 0.5) is 0 Å². The van der Waals surface area contributed by atoms with Gasteiger partial charge in [-0.15, -0.1) is 11.8 Å². The number of thioether (sulfide) groups is 1. The van der Waals surface area contributed by atoms with E-state index >= 15 is 0 Å². The molecule has 0 aliphatic rings. The van der Waals surface area contributed by atoms with E-state index < -0.39 is 0 Å². The highest BCUT2D eigenvalue weighted by Gasteiger charge is 2.12. The van der Waals surface area contributed by atoms with E-state index in [2.05, 4.69) is 48.7 Å². The van der Waals surface area contributed by atoms with Crippen LogP contribution in [0.1, 0.15) is 15.9 Å². The molecule has 4 aromatic carbocycles. The number of hydrogen-bond acceptors (Lipinski definition) is 2. The Morgan fingerprint density at radius 2 is 1.52 bits per heavy atom. The van der Waals surface area contributed by atoms with Crippen molar-refractivity contribution in [2.45, 2.75) is 11.3 Å². The van der Waals surface area contributed by atoms with Crippen LogP contribution in [-0.2, 0) is 6.42 Å². The number of rotatable bonds is 4. The first kappa shape index (κ1) is 15.9. The van der Waals surface area contributed by atoms with Gasteiger partial charge in [0.1, 0.15) is 0 Å². The van der Waals surface area contributed by atoms with Crippen molar-refractivity contribution < 1.29 is 4.79 Å². The van der Waals surface area contributed by atoms with Crippen LogP contribution in [0.5, 0.6) is 0 Å². The minimum Gasteiger partial charge on any atom is -0.294 e. The van der Waals surface area contributed by atoms with E-state index in [4.69, 9.17) is 0 Å². The van der Waals surface area contributed by atoms with Crippen LogP contribution >= 0.6 is 11.8 Å². The third-order valence-corrected chi connectivity index (χ3v) is 5.38. The molecule has 0 aliphatic heterocycles. The largest absolute Gasteiger partial charge is 0.294 e. The molecule has 0 aliphatic carbocycles. The van der Waals surface area contributed by atoms with Crippen molar-refractivity contribution >= 4 is 39.1 Å². The first-order valence-corrected chi connectivity index (χ1v) is 9.55. The van der Waals surface area contributed by atoms with Gasteiger partial charge in [0.2, 0.25) is 0 Å². The third-order valence-electron chi connectivity index (χ3n) is 4.60. The van der Waals surface area contributed by atoms with Crippen molar-refractivity contribution in [3.05, 3.63) is 90.0 Å². The molecule has 4 aromatic rings. The Bertz CT molecular complexity index is 1080. The van der Waals surface area contributed by atoms with Crippen LogP contribution in [0.3, 0.4) is 0 Å². The van der Waals surface area contributed by atoms with Crippen molar-refractivity contribution in [2.75, 3.05) is 6.26 Å². The maximum atomic E-state index is 12.9. The molecule has 0 saturated carbocycles. The second kappa shape index (κ2) is 6.73. The van der Waals surface area contributed by atoms with Gasteiger partial charge in [-0.25, -0.2) is 0 Å². The zero-order valence-electron chi connectivity index (χ0n) is 14.0. The van der Waals surface area contributed by atoms with Gasteiger partial charge >= 0.3 is 0 Å². The predicted molar refractivity (Wildman–Crippen MR) is 108 cm³/mol. The zero-order chi connectivity index (χ0) is 17.2. The number of fused-ring (bicyclic) bond motifs is 2. The molecule has 25 heavy (non-hydrogen) atoms. The van der Waals surface area contributed by atoms with Crippen molar-refractivity contribution in [2.24, 2.45) is 0 Å². The summed E-state index contributed by atoms with van der Waals surface area (Å²) in [5, 5.41) is 4.66. The Labute approximate surface area is 151 Å². The quantitative estimate of drug-likeness (QED) is 0.327. The minimum atomic E-state index is 0.161. The molecular weight excluding hydrogens is 324 g/mol. The van der Waals surface area contributed by atoms with Crippen LogP contribution in [0.15, 0.2) is 83.8 Å². The summed E-state index contributed by atoms with van der Waals surface area (Å²) < 4.78 is 0. The van der Waals surface area contributed by atoms with Crippen LogP contribution < -0.4 is 0 Å². The second-order valence-corrected chi connectivity index (χ2v) is 6.99. The molecule has 0 amide bonds. The first-order chi connectivity index (χ1) is 12.3. The summed E-state index contributed by atoms with van der Waals surface area (Å²) >= 11 is 1.73. The van der Waals surface area contributed by atoms with Gasteiger partial charge in [-0.2, -0.15) is 0 Å². The number of Topliss-reactive ketones (excluding diaryl/α,β-unsaturated/α-hetero) is 1. The fourth-order valence-electron chi connectivity index (χ4n) is 3.34. The topological polar surface area (TPSA) is 17.1 Å². The molecule has 0 radical (unpaired) electrons. The number of carbonyl (C=O) groups excluding carboxylic acids is 1. The van der Waals surface area contributed by atoms with E-state index in [1.165, 1.54) is 15.7 Å². The lowest BCUT2D eigenvalue weighted by molar-refractivity contribution is 0.0993. The molecule has 0 N–H and O–H groups in total. The molecule has 0 atom stereocenters. The SMILES string of the molecule is CSc1cccc2cccc(CC(=O)c3ccc4ccccc4c3)c12. The number of hydrogen-bond donors (Lipinski definition) is 0. The van der Waals surface area contributed by atoms with Crippen LogP contribution in [0.2, 0.25) is 0 Å². The van der Waals surface area contributed by atoms with E-state index in [0.29, 0.717) is 6.42 Å². The summed E-state index contributed by atoms with van der Waals surface area (Å²) in [5.74, 6) is 0.161. The Morgan fingerprint density at radius 1 is 0.800 bits per heavy atom. The maximum absolute atomic E-state index is 12.9.